The van der Waals surface area contributed by atoms with Crippen molar-refractivity contribution in [3.63, 3.8) is 0 Å². The van der Waals surface area contributed by atoms with E-state index in [1.54, 1.807) is 11.0 Å². The molecule has 6 nitrogen and oxygen atoms in total. The van der Waals surface area contributed by atoms with Crippen LogP contribution in [0.4, 0.5) is 5.69 Å². The summed E-state index contributed by atoms with van der Waals surface area (Å²) in [5, 5.41) is 20.6. The smallest absolute Gasteiger partial charge is 0.339 e. The SMILES string of the molecule is Cc1ccc(SN(CC(=O)N(Cc2ccc(C3CCCCC3)cc2)c2ccc(C(=O)O)c(O)c2)Cc2ccc(Cl)cc2)cc1. The molecule has 1 fully saturated rings. The normalized spacial score (nSPS) is 13.6. The van der Waals surface area contributed by atoms with E-state index in [1.165, 1.54) is 61.7 Å². The molecule has 0 aromatic heterocycles. The summed E-state index contributed by atoms with van der Waals surface area (Å²) in [6.07, 6.45) is 6.24. The second-order valence-corrected chi connectivity index (χ2v) is 13.0. The first kappa shape index (κ1) is 31.6. The first-order chi connectivity index (χ1) is 21.2. The van der Waals surface area contributed by atoms with Gasteiger partial charge in [0, 0.05) is 28.2 Å². The van der Waals surface area contributed by atoms with E-state index >= 15 is 0 Å². The van der Waals surface area contributed by atoms with E-state index in [4.69, 9.17) is 11.6 Å². The lowest BCUT2D eigenvalue weighted by Gasteiger charge is -2.28. The topological polar surface area (TPSA) is 81.1 Å². The minimum absolute atomic E-state index is 0.0722. The van der Waals surface area contributed by atoms with E-state index in [0.717, 1.165) is 21.6 Å². The number of phenols is 1. The molecule has 8 heteroatoms. The third kappa shape index (κ3) is 8.44. The third-order valence-electron chi connectivity index (χ3n) is 8.06. The molecule has 44 heavy (non-hydrogen) atoms. The van der Waals surface area contributed by atoms with Crippen LogP contribution in [0.2, 0.25) is 5.02 Å². The van der Waals surface area contributed by atoms with Gasteiger partial charge in [0.25, 0.3) is 0 Å². The van der Waals surface area contributed by atoms with E-state index in [9.17, 15) is 19.8 Å². The van der Waals surface area contributed by atoms with Crippen LogP contribution in [0.5, 0.6) is 5.75 Å². The van der Waals surface area contributed by atoms with Gasteiger partial charge in [0.15, 0.2) is 0 Å². The Balaban J connectivity index is 1.42. The predicted octanol–water partition coefficient (Wildman–Crippen LogP) is 8.84. The average Bonchev–Trinajstić information content (AvgIpc) is 3.02. The van der Waals surface area contributed by atoms with Crippen LogP contribution in [0.15, 0.2) is 95.9 Å². The summed E-state index contributed by atoms with van der Waals surface area (Å²) in [4.78, 5) is 28.3. The Labute approximate surface area is 268 Å². The van der Waals surface area contributed by atoms with Crippen LogP contribution in [-0.4, -0.2) is 32.9 Å². The Hall–Kier alpha value is -3.78. The fraction of sp³-hybridized carbons (Fsp3) is 0.278. The average molecular weight is 629 g/mol. The number of halogens is 1. The van der Waals surface area contributed by atoms with Gasteiger partial charge in [0.1, 0.15) is 11.3 Å². The number of hydrogen-bond acceptors (Lipinski definition) is 5. The standard InChI is InChI=1S/C36H37ClN2O4S/c1-25-7-18-32(19-8-25)44-38(22-26-11-15-30(37)16-12-26)24-35(41)39(31-17-20-33(36(42)43)34(40)21-31)23-27-9-13-29(14-10-27)28-5-3-2-4-6-28/h7-21,28,40H,2-6,22-24H2,1H3,(H,42,43). The maximum atomic E-state index is 14.1. The van der Waals surface area contributed by atoms with Crippen molar-refractivity contribution in [2.75, 3.05) is 11.4 Å². The molecule has 2 N–H and O–H groups in total. The molecule has 5 rings (SSSR count). The molecule has 1 amide bonds. The molecular formula is C36H37ClN2O4S. The largest absolute Gasteiger partial charge is 0.507 e. The molecule has 1 aliphatic rings. The molecule has 0 bridgehead atoms. The molecule has 0 radical (unpaired) electrons. The predicted molar refractivity (Wildman–Crippen MR) is 177 cm³/mol. The minimum atomic E-state index is -1.23. The molecular weight excluding hydrogens is 592 g/mol. The summed E-state index contributed by atoms with van der Waals surface area (Å²) < 4.78 is 2.00. The zero-order chi connectivity index (χ0) is 31.1. The van der Waals surface area contributed by atoms with Gasteiger partial charge in [-0.15, -0.1) is 0 Å². The van der Waals surface area contributed by atoms with Gasteiger partial charge in [-0.05, 0) is 90.7 Å². The van der Waals surface area contributed by atoms with E-state index in [1.807, 2.05) is 59.8 Å². The molecule has 0 spiro atoms. The lowest BCUT2D eigenvalue weighted by atomic mass is 9.84. The van der Waals surface area contributed by atoms with Crippen LogP contribution in [0.25, 0.3) is 0 Å². The number of nitrogens with zero attached hydrogens (tertiary/aromatic N) is 2. The highest BCUT2D eigenvalue weighted by molar-refractivity contribution is 7.97. The first-order valence-corrected chi connectivity index (χ1v) is 16.1. The van der Waals surface area contributed by atoms with Crippen molar-refractivity contribution >= 4 is 41.1 Å². The second kappa shape index (κ2) is 14.8. The summed E-state index contributed by atoms with van der Waals surface area (Å²) in [6, 6.07) is 28.5. The van der Waals surface area contributed by atoms with Crippen LogP contribution in [0.3, 0.4) is 0 Å². The van der Waals surface area contributed by atoms with Crippen LogP contribution in [-0.2, 0) is 17.9 Å². The van der Waals surface area contributed by atoms with Crippen molar-refractivity contribution in [3.05, 3.63) is 124 Å². The lowest BCUT2D eigenvalue weighted by molar-refractivity contribution is -0.118. The first-order valence-electron chi connectivity index (χ1n) is 14.9. The maximum Gasteiger partial charge on any atom is 0.339 e. The number of amides is 1. The number of carboxylic acids is 1. The van der Waals surface area contributed by atoms with Crippen molar-refractivity contribution in [1.29, 1.82) is 0 Å². The fourth-order valence-corrected chi connectivity index (χ4v) is 6.67. The summed E-state index contributed by atoms with van der Waals surface area (Å²) >= 11 is 7.62. The van der Waals surface area contributed by atoms with Gasteiger partial charge in [-0.2, -0.15) is 0 Å². The van der Waals surface area contributed by atoms with Crippen molar-refractivity contribution < 1.29 is 19.8 Å². The number of carbonyl (C=O) groups is 2. The molecule has 4 aromatic rings. The Kier molecular flexibility index (Phi) is 10.6. The highest BCUT2D eigenvalue weighted by Gasteiger charge is 2.23. The van der Waals surface area contributed by atoms with Gasteiger partial charge in [0.2, 0.25) is 5.91 Å². The minimum Gasteiger partial charge on any atom is -0.507 e. The molecule has 0 atom stereocenters. The molecule has 1 aliphatic carbocycles. The highest BCUT2D eigenvalue weighted by Crippen LogP contribution is 2.33. The van der Waals surface area contributed by atoms with Crippen molar-refractivity contribution in [1.82, 2.24) is 4.31 Å². The number of carboxylic acid groups (broad SMARTS) is 1. The van der Waals surface area contributed by atoms with E-state index in [0.29, 0.717) is 23.2 Å². The van der Waals surface area contributed by atoms with Gasteiger partial charge in [-0.3, -0.25) is 4.79 Å². The van der Waals surface area contributed by atoms with Crippen molar-refractivity contribution in [2.45, 2.75) is 62.9 Å². The van der Waals surface area contributed by atoms with Gasteiger partial charge in [-0.1, -0.05) is 85.0 Å². The second-order valence-electron chi connectivity index (χ2n) is 11.4. The molecule has 228 valence electrons. The number of carbonyl (C=O) groups excluding carboxylic acids is 1. The lowest BCUT2D eigenvalue weighted by Crippen LogP contribution is -2.37. The maximum absolute atomic E-state index is 14.1. The molecule has 0 unspecified atom stereocenters. The molecule has 4 aromatic carbocycles. The third-order valence-corrected chi connectivity index (χ3v) is 9.31. The number of hydrogen-bond donors (Lipinski definition) is 2. The Morgan fingerprint density at radius 1 is 0.841 bits per heavy atom. The zero-order valence-electron chi connectivity index (χ0n) is 24.8. The quantitative estimate of drug-likeness (QED) is 0.162. The number of rotatable bonds is 11. The number of benzene rings is 4. The van der Waals surface area contributed by atoms with Crippen LogP contribution in [0, 0.1) is 6.92 Å². The van der Waals surface area contributed by atoms with E-state index in [2.05, 4.69) is 24.3 Å². The zero-order valence-corrected chi connectivity index (χ0v) is 26.4. The molecule has 0 heterocycles. The van der Waals surface area contributed by atoms with Gasteiger partial charge < -0.3 is 15.1 Å². The molecule has 1 saturated carbocycles. The van der Waals surface area contributed by atoms with E-state index < -0.39 is 5.97 Å². The summed E-state index contributed by atoms with van der Waals surface area (Å²) in [5.74, 6) is -1.21. The highest BCUT2D eigenvalue weighted by atomic mass is 35.5. The Bertz CT molecular complexity index is 1520. The monoisotopic (exact) mass is 628 g/mol. The van der Waals surface area contributed by atoms with Crippen LogP contribution >= 0.6 is 23.5 Å². The number of aryl methyl sites for hydroxylation is 1. The van der Waals surface area contributed by atoms with Crippen molar-refractivity contribution in [2.24, 2.45) is 0 Å². The molecule has 0 saturated heterocycles. The Morgan fingerprint density at radius 3 is 2.11 bits per heavy atom. The number of aromatic carboxylic acids is 1. The van der Waals surface area contributed by atoms with Crippen molar-refractivity contribution in [3.8, 4) is 5.75 Å². The summed E-state index contributed by atoms with van der Waals surface area (Å²) in [7, 11) is 0. The van der Waals surface area contributed by atoms with Crippen LogP contribution in [0.1, 0.15) is 70.6 Å². The van der Waals surface area contributed by atoms with Gasteiger partial charge >= 0.3 is 5.97 Å². The summed E-state index contributed by atoms with van der Waals surface area (Å²) in [5.41, 5.74) is 4.67. The fourth-order valence-electron chi connectivity index (χ4n) is 5.60. The van der Waals surface area contributed by atoms with Gasteiger partial charge in [0.05, 0.1) is 13.1 Å². The molecule has 0 aliphatic heterocycles. The van der Waals surface area contributed by atoms with Gasteiger partial charge in [-0.25, -0.2) is 9.10 Å². The summed E-state index contributed by atoms with van der Waals surface area (Å²) in [6.45, 7) is 2.88. The number of aromatic hydroxyl groups is 1. The van der Waals surface area contributed by atoms with Crippen LogP contribution < -0.4 is 4.90 Å². The van der Waals surface area contributed by atoms with E-state index in [-0.39, 0.29) is 30.3 Å². The number of anilines is 1. The Morgan fingerprint density at radius 2 is 1.48 bits per heavy atom.